The van der Waals surface area contributed by atoms with Gasteiger partial charge in [0.05, 0.1) is 29.2 Å². The van der Waals surface area contributed by atoms with Crippen molar-refractivity contribution in [2.45, 2.75) is 58.5 Å². The molecule has 12 nitrogen and oxygen atoms in total. The normalized spacial score (nSPS) is 16.2. The van der Waals surface area contributed by atoms with Crippen molar-refractivity contribution in [3.63, 3.8) is 0 Å². The first kappa shape index (κ1) is 41.8. The van der Waals surface area contributed by atoms with Gasteiger partial charge in [-0.15, -0.1) is 6.58 Å². The Bertz CT molecular complexity index is 1600. The van der Waals surface area contributed by atoms with Gasteiger partial charge >= 0.3 is 6.18 Å². The maximum atomic E-state index is 14.2. The molecule has 1 saturated heterocycles. The quantitative estimate of drug-likeness (QED) is 0.0556. The molecule has 0 atom stereocenters. The van der Waals surface area contributed by atoms with Gasteiger partial charge in [0, 0.05) is 52.7 Å². The number of hydrogen-bond acceptors (Lipinski definition) is 7. The van der Waals surface area contributed by atoms with E-state index in [1.807, 2.05) is 13.0 Å². The van der Waals surface area contributed by atoms with Gasteiger partial charge in [0.2, 0.25) is 17.7 Å². The molecule has 2 N–H and O–H groups in total. The molecule has 2 fully saturated rings. The number of rotatable bonds is 17. The van der Waals surface area contributed by atoms with Crippen molar-refractivity contribution in [2.75, 3.05) is 58.7 Å². The van der Waals surface area contributed by atoms with Crippen molar-refractivity contribution < 1.29 is 32.3 Å². The molecule has 1 aromatic carbocycles. The molecular weight excluding hydrogens is 701 g/mol. The van der Waals surface area contributed by atoms with Crippen molar-refractivity contribution in [3.8, 4) is 0 Å². The predicted octanol–water partition coefficient (Wildman–Crippen LogP) is 5.30. The van der Waals surface area contributed by atoms with Crippen LogP contribution >= 0.6 is 11.6 Å². The number of carbonyl (C=O) groups excluding carboxylic acids is 4. The van der Waals surface area contributed by atoms with Crippen LogP contribution in [0.3, 0.4) is 0 Å². The first-order valence-electron chi connectivity index (χ1n) is 17.1. The highest BCUT2D eigenvalue weighted by molar-refractivity contribution is 6.33. The second-order valence-electron chi connectivity index (χ2n) is 12.7. The van der Waals surface area contributed by atoms with E-state index in [-0.39, 0.29) is 54.4 Å². The minimum absolute atomic E-state index is 0.0782. The molecule has 4 amide bonds. The van der Waals surface area contributed by atoms with Crippen molar-refractivity contribution in [2.24, 2.45) is 15.5 Å². The second kappa shape index (κ2) is 18.7. The van der Waals surface area contributed by atoms with Gasteiger partial charge in [-0.25, -0.2) is 5.01 Å². The monoisotopic (exact) mass is 748 g/mol. The third-order valence-corrected chi connectivity index (χ3v) is 9.05. The Balaban J connectivity index is 1.86. The van der Waals surface area contributed by atoms with Crippen LogP contribution < -0.4 is 10.6 Å². The number of benzene rings is 1. The molecule has 16 heteroatoms. The summed E-state index contributed by atoms with van der Waals surface area (Å²) in [7, 11) is 3.25. The molecule has 1 aliphatic carbocycles. The van der Waals surface area contributed by atoms with Gasteiger partial charge in [-0.05, 0) is 50.3 Å². The third kappa shape index (κ3) is 10.7. The van der Waals surface area contributed by atoms with Gasteiger partial charge in [0.15, 0.2) is 0 Å². The molecule has 3 rings (SSSR count). The van der Waals surface area contributed by atoms with Gasteiger partial charge in [-0.1, -0.05) is 49.6 Å². The van der Waals surface area contributed by atoms with Gasteiger partial charge in [0.1, 0.15) is 17.7 Å². The van der Waals surface area contributed by atoms with Crippen LogP contribution in [0.25, 0.3) is 0 Å². The van der Waals surface area contributed by atoms with Gasteiger partial charge in [0.25, 0.3) is 5.91 Å². The van der Waals surface area contributed by atoms with Crippen molar-refractivity contribution in [3.05, 3.63) is 64.5 Å². The molecule has 1 heterocycles. The number of halogens is 4. The summed E-state index contributed by atoms with van der Waals surface area (Å²) in [5.74, 6) is -1.92. The molecule has 1 aliphatic heterocycles. The summed E-state index contributed by atoms with van der Waals surface area (Å²) in [6.07, 6.45) is 4.63. The highest BCUT2D eigenvalue weighted by Gasteiger charge is 2.58. The van der Waals surface area contributed by atoms with E-state index in [1.54, 1.807) is 23.9 Å². The summed E-state index contributed by atoms with van der Waals surface area (Å²) >= 11 is 6.02. The molecule has 0 bridgehead atoms. The van der Waals surface area contributed by atoms with E-state index >= 15 is 0 Å². The van der Waals surface area contributed by atoms with Crippen molar-refractivity contribution in [1.82, 2.24) is 25.0 Å². The summed E-state index contributed by atoms with van der Waals surface area (Å²) in [4.78, 5) is 62.9. The SMILES string of the molecule is C=CC/C=C(\CCC)CN=CN/C(CC)=C(\C(=O)N(CC(=O)Nc1ccc(C(F)(F)F)cc1Cl)N=C)N1CCN(C(=O)C2(C(=O)N(C)C)CC2)CC1. The summed E-state index contributed by atoms with van der Waals surface area (Å²) in [5, 5.41) is 9.89. The number of piperazine rings is 1. The average molecular weight is 749 g/mol. The first-order valence-corrected chi connectivity index (χ1v) is 17.5. The van der Waals surface area contributed by atoms with Crippen LogP contribution in [0.15, 0.2) is 64.0 Å². The summed E-state index contributed by atoms with van der Waals surface area (Å²) < 4.78 is 39.3. The van der Waals surface area contributed by atoms with Crippen LogP contribution in [0.2, 0.25) is 5.02 Å². The van der Waals surface area contributed by atoms with E-state index < -0.39 is 35.5 Å². The number of aliphatic imine (C=N–C) groups is 1. The van der Waals surface area contributed by atoms with Crippen LogP contribution in [0.1, 0.15) is 57.9 Å². The number of alkyl halides is 3. The van der Waals surface area contributed by atoms with E-state index in [4.69, 9.17) is 11.6 Å². The summed E-state index contributed by atoms with van der Waals surface area (Å²) in [6, 6.07) is 2.50. The Morgan fingerprint density at radius 2 is 1.73 bits per heavy atom. The molecule has 0 aromatic heterocycles. The van der Waals surface area contributed by atoms with E-state index in [9.17, 15) is 32.3 Å². The lowest BCUT2D eigenvalue weighted by Crippen LogP contribution is -2.54. The highest BCUT2D eigenvalue weighted by Crippen LogP contribution is 2.48. The Morgan fingerprint density at radius 1 is 1.08 bits per heavy atom. The van der Waals surface area contributed by atoms with Crippen LogP contribution in [0.5, 0.6) is 0 Å². The molecule has 52 heavy (non-hydrogen) atoms. The molecule has 1 saturated carbocycles. The topological polar surface area (TPSA) is 130 Å². The zero-order chi connectivity index (χ0) is 38.6. The van der Waals surface area contributed by atoms with E-state index in [2.05, 4.69) is 47.0 Å². The number of anilines is 1. The summed E-state index contributed by atoms with van der Waals surface area (Å²) in [5.41, 5.74) is -0.313. The number of hydrazone groups is 1. The number of carbonyl (C=O) groups is 4. The van der Waals surface area contributed by atoms with E-state index in [1.165, 1.54) is 11.2 Å². The Kier molecular flexibility index (Phi) is 15.0. The number of allylic oxidation sites excluding steroid dienone is 3. The Labute approximate surface area is 308 Å². The molecule has 0 spiro atoms. The van der Waals surface area contributed by atoms with Gasteiger partial charge < -0.3 is 25.3 Å². The van der Waals surface area contributed by atoms with Crippen molar-refractivity contribution in [1.29, 1.82) is 0 Å². The highest BCUT2D eigenvalue weighted by atomic mass is 35.5. The predicted molar refractivity (Wildman–Crippen MR) is 196 cm³/mol. The maximum absolute atomic E-state index is 14.2. The van der Waals surface area contributed by atoms with Gasteiger partial charge in [-0.2, -0.15) is 18.3 Å². The van der Waals surface area contributed by atoms with Crippen molar-refractivity contribution >= 4 is 54.0 Å². The number of amides is 4. The third-order valence-electron chi connectivity index (χ3n) is 8.74. The fourth-order valence-corrected chi connectivity index (χ4v) is 6.06. The van der Waals surface area contributed by atoms with Crippen LogP contribution in [0.4, 0.5) is 18.9 Å². The zero-order valence-corrected chi connectivity index (χ0v) is 30.9. The minimum atomic E-state index is -4.62. The molecule has 0 unspecified atom stereocenters. The largest absolute Gasteiger partial charge is 0.416 e. The lowest BCUT2D eigenvalue weighted by Gasteiger charge is -2.39. The fraction of sp³-hybridized carbons (Fsp3) is 0.500. The lowest BCUT2D eigenvalue weighted by molar-refractivity contribution is -0.149. The van der Waals surface area contributed by atoms with Gasteiger partial charge in [-0.3, -0.25) is 24.2 Å². The standard InChI is InChI=1S/C36H48ClF3N8O4/c1-7-10-12-25(11-8-2)22-42-24-43-28(9-3)31(46-17-19-47(20-18-46)34(52)35(15-16-35)33(51)45(5)6)32(50)48(41-4)23-30(49)44-29-14-13-26(21-27(29)37)36(38,39)40/h7,12-14,21,24H,1,4,8-11,15-20,22-23H2,2-3,5-6H3,(H,42,43)(H,44,49)/b25-12+,31-28+. The Morgan fingerprint density at radius 3 is 2.25 bits per heavy atom. The number of hydrogen-bond donors (Lipinski definition) is 2. The average Bonchev–Trinajstić information content (AvgIpc) is 3.92. The summed E-state index contributed by atoms with van der Waals surface area (Å²) in [6.45, 7) is 11.9. The van der Waals surface area contributed by atoms with Crippen LogP contribution in [-0.2, 0) is 25.4 Å². The Hall–Kier alpha value is -4.66. The van der Waals surface area contributed by atoms with E-state index in [0.717, 1.165) is 42.0 Å². The lowest BCUT2D eigenvalue weighted by atomic mass is 10.0. The number of nitrogens with zero attached hydrogens (tertiary/aromatic N) is 6. The first-order chi connectivity index (χ1) is 24.6. The number of nitrogens with one attached hydrogen (secondary N) is 2. The molecule has 2 aliphatic rings. The van der Waals surface area contributed by atoms with Crippen LogP contribution in [0, 0.1) is 5.41 Å². The smallest absolute Gasteiger partial charge is 0.362 e. The second-order valence-corrected chi connectivity index (χ2v) is 13.1. The molecular formula is C36H48ClF3N8O4. The van der Waals surface area contributed by atoms with E-state index in [0.29, 0.717) is 37.6 Å². The minimum Gasteiger partial charge on any atom is -0.362 e. The molecule has 1 aromatic rings. The fourth-order valence-electron chi connectivity index (χ4n) is 5.83. The zero-order valence-electron chi connectivity index (χ0n) is 30.2. The molecule has 284 valence electrons. The maximum Gasteiger partial charge on any atom is 0.416 e. The molecule has 0 radical (unpaired) electrons. The van der Waals surface area contributed by atoms with Crippen LogP contribution in [-0.4, -0.2) is 110 Å².